The fraction of sp³-hybridized carbons (Fsp3) is 0.364. The normalized spacial score (nSPS) is 14.9. The molecule has 0 unspecified atom stereocenters. The first kappa shape index (κ1) is 19.9. The molecule has 2 aromatic carbocycles. The van der Waals surface area contributed by atoms with Gasteiger partial charge in [0.15, 0.2) is 0 Å². The number of amides is 2. The van der Waals surface area contributed by atoms with Gasteiger partial charge in [-0.15, -0.1) is 0 Å². The summed E-state index contributed by atoms with van der Waals surface area (Å²) in [7, 11) is 0. The molecule has 0 aromatic heterocycles. The van der Waals surface area contributed by atoms with Gasteiger partial charge in [-0.3, -0.25) is 14.5 Å². The molecule has 1 heterocycles. The number of benzene rings is 2. The maximum atomic E-state index is 13.4. The highest BCUT2D eigenvalue weighted by atomic mass is 16.7. The highest BCUT2D eigenvalue weighted by Gasteiger charge is 2.40. The highest BCUT2D eigenvalue weighted by Crippen LogP contribution is 2.25. The lowest BCUT2D eigenvalue weighted by molar-refractivity contribution is -0.206. The number of hydrogen-bond acceptors (Lipinski definition) is 3. The summed E-state index contributed by atoms with van der Waals surface area (Å²) >= 11 is 0. The van der Waals surface area contributed by atoms with Gasteiger partial charge in [0.25, 0.3) is 5.91 Å². The molecule has 0 radical (unpaired) electrons. The van der Waals surface area contributed by atoms with Crippen LogP contribution < -0.4 is 0 Å². The molecule has 1 atom stereocenters. The van der Waals surface area contributed by atoms with Gasteiger partial charge in [0.2, 0.25) is 0 Å². The first-order valence-electron chi connectivity index (χ1n) is 9.34. The van der Waals surface area contributed by atoms with Crippen molar-refractivity contribution >= 4 is 12.0 Å². The van der Waals surface area contributed by atoms with Gasteiger partial charge in [-0.25, -0.2) is 9.86 Å². The standard InChI is InChI=1S/C22H26N2O4/c1-22(2,3)24(21(26)27)19(13-16-9-5-4-6-10-16)20(25)23-14-17-11-7-8-12-18(17)15-28-23/h4-12,19H,13-15H2,1-3H3,(H,26,27)/t19-/m0/s1. The van der Waals surface area contributed by atoms with Crippen LogP contribution in [0.5, 0.6) is 0 Å². The van der Waals surface area contributed by atoms with Gasteiger partial charge in [0.05, 0.1) is 6.54 Å². The van der Waals surface area contributed by atoms with E-state index in [1.54, 1.807) is 20.8 Å². The third-order valence-corrected chi connectivity index (χ3v) is 4.85. The van der Waals surface area contributed by atoms with Crippen molar-refractivity contribution in [3.05, 3.63) is 71.3 Å². The van der Waals surface area contributed by atoms with Crippen LogP contribution in [0.15, 0.2) is 54.6 Å². The zero-order valence-corrected chi connectivity index (χ0v) is 16.5. The Kier molecular flexibility index (Phi) is 5.70. The van der Waals surface area contributed by atoms with E-state index in [-0.39, 0.29) is 12.3 Å². The summed E-state index contributed by atoms with van der Waals surface area (Å²) in [5, 5.41) is 11.2. The highest BCUT2D eigenvalue weighted by molar-refractivity contribution is 5.85. The molecule has 0 saturated heterocycles. The molecular weight excluding hydrogens is 356 g/mol. The summed E-state index contributed by atoms with van der Waals surface area (Å²) in [5.41, 5.74) is 2.21. The second kappa shape index (κ2) is 8.02. The van der Waals surface area contributed by atoms with Crippen LogP contribution in [0.4, 0.5) is 4.79 Å². The third kappa shape index (κ3) is 4.34. The molecular formula is C22H26N2O4. The van der Waals surface area contributed by atoms with Crippen LogP contribution in [-0.4, -0.2) is 38.7 Å². The van der Waals surface area contributed by atoms with Crippen molar-refractivity contribution in [3.63, 3.8) is 0 Å². The minimum Gasteiger partial charge on any atom is -0.465 e. The zero-order chi connectivity index (χ0) is 20.3. The van der Waals surface area contributed by atoms with Gasteiger partial charge >= 0.3 is 6.09 Å². The van der Waals surface area contributed by atoms with E-state index >= 15 is 0 Å². The predicted molar refractivity (Wildman–Crippen MR) is 105 cm³/mol. The van der Waals surface area contributed by atoms with Crippen LogP contribution in [0.1, 0.15) is 37.5 Å². The fourth-order valence-corrected chi connectivity index (χ4v) is 3.52. The van der Waals surface area contributed by atoms with Gasteiger partial charge in [-0.05, 0) is 37.5 Å². The second-order valence-corrected chi connectivity index (χ2v) is 7.95. The van der Waals surface area contributed by atoms with E-state index in [2.05, 4.69) is 0 Å². The largest absolute Gasteiger partial charge is 0.465 e. The van der Waals surface area contributed by atoms with Crippen molar-refractivity contribution in [3.8, 4) is 0 Å². The summed E-state index contributed by atoms with van der Waals surface area (Å²) in [5.74, 6) is -0.351. The maximum Gasteiger partial charge on any atom is 0.408 e. The first-order valence-corrected chi connectivity index (χ1v) is 9.34. The zero-order valence-electron chi connectivity index (χ0n) is 16.5. The van der Waals surface area contributed by atoms with Crippen molar-refractivity contribution in [2.75, 3.05) is 0 Å². The van der Waals surface area contributed by atoms with Crippen molar-refractivity contribution < 1.29 is 19.5 Å². The van der Waals surface area contributed by atoms with E-state index < -0.39 is 17.7 Å². The minimum absolute atomic E-state index is 0.282. The van der Waals surface area contributed by atoms with E-state index in [1.807, 2.05) is 54.6 Å². The maximum absolute atomic E-state index is 13.4. The van der Waals surface area contributed by atoms with Crippen LogP contribution in [-0.2, 0) is 29.2 Å². The molecule has 148 valence electrons. The molecule has 1 aliphatic rings. The molecule has 0 saturated carbocycles. The van der Waals surface area contributed by atoms with E-state index in [0.29, 0.717) is 13.2 Å². The molecule has 1 N–H and O–H groups in total. The Morgan fingerprint density at radius 2 is 1.68 bits per heavy atom. The quantitative estimate of drug-likeness (QED) is 0.872. The van der Waals surface area contributed by atoms with Gasteiger partial charge in [-0.1, -0.05) is 54.6 Å². The number of hydroxylamine groups is 2. The number of carbonyl (C=O) groups is 2. The van der Waals surface area contributed by atoms with Crippen LogP contribution in [0.2, 0.25) is 0 Å². The van der Waals surface area contributed by atoms with E-state index in [0.717, 1.165) is 16.7 Å². The average Bonchev–Trinajstić information content (AvgIpc) is 2.66. The Balaban J connectivity index is 1.91. The van der Waals surface area contributed by atoms with Crippen molar-refractivity contribution in [2.45, 2.75) is 51.9 Å². The topological polar surface area (TPSA) is 70.1 Å². The minimum atomic E-state index is -1.13. The fourth-order valence-electron chi connectivity index (χ4n) is 3.52. The molecule has 0 aliphatic carbocycles. The van der Waals surface area contributed by atoms with Crippen LogP contribution in [0.25, 0.3) is 0 Å². The summed E-state index contributed by atoms with van der Waals surface area (Å²) in [4.78, 5) is 32.4. The van der Waals surface area contributed by atoms with Gasteiger partial charge in [0.1, 0.15) is 12.6 Å². The van der Waals surface area contributed by atoms with Crippen molar-refractivity contribution in [1.29, 1.82) is 0 Å². The van der Waals surface area contributed by atoms with E-state index in [9.17, 15) is 14.7 Å². The lowest BCUT2D eigenvalue weighted by Gasteiger charge is -2.41. The van der Waals surface area contributed by atoms with Crippen LogP contribution >= 0.6 is 0 Å². The number of nitrogens with zero attached hydrogens (tertiary/aromatic N) is 2. The van der Waals surface area contributed by atoms with E-state index in [4.69, 9.17) is 4.84 Å². The van der Waals surface area contributed by atoms with Gasteiger partial charge < -0.3 is 5.11 Å². The Labute approximate surface area is 165 Å². The van der Waals surface area contributed by atoms with Gasteiger partial charge in [-0.2, -0.15) is 0 Å². The number of fused-ring (bicyclic) bond motifs is 1. The number of carboxylic acid groups (broad SMARTS) is 1. The summed E-state index contributed by atoms with van der Waals surface area (Å²) in [6.45, 7) is 5.97. The van der Waals surface area contributed by atoms with Crippen molar-refractivity contribution in [1.82, 2.24) is 9.96 Å². The molecule has 1 aliphatic heterocycles. The molecule has 2 amide bonds. The second-order valence-electron chi connectivity index (χ2n) is 7.95. The smallest absolute Gasteiger partial charge is 0.408 e. The first-order chi connectivity index (χ1) is 13.3. The molecule has 6 nitrogen and oxygen atoms in total. The predicted octanol–water partition coefficient (Wildman–Crippen LogP) is 3.85. The third-order valence-electron chi connectivity index (χ3n) is 4.85. The molecule has 0 fully saturated rings. The molecule has 0 spiro atoms. The van der Waals surface area contributed by atoms with Gasteiger partial charge in [0, 0.05) is 12.0 Å². The average molecular weight is 382 g/mol. The Hall–Kier alpha value is -2.86. The monoisotopic (exact) mass is 382 g/mol. The van der Waals surface area contributed by atoms with E-state index in [1.165, 1.54) is 9.96 Å². The lowest BCUT2D eigenvalue weighted by atomic mass is 9.97. The van der Waals surface area contributed by atoms with Crippen LogP contribution in [0.3, 0.4) is 0 Å². The Morgan fingerprint density at radius 3 is 2.29 bits per heavy atom. The number of hydrogen-bond donors (Lipinski definition) is 1. The number of carbonyl (C=O) groups excluding carboxylic acids is 1. The molecule has 3 rings (SSSR count). The Bertz CT molecular complexity index is 845. The Morgan fingerprint density at radius 1 is 1.07 bits per heavy atom. The summed E-state index contributed by atoms with van der Waals surface area (Å²) < 4.78 is 0. The summed E-state index contributed by atoms with van der Waals surface area (Å²) in [6.07, 6.45) is -0.843. The summed E-state index contributed by atoms with van der Waals surface area (Å²) in [6, 6.07) is 16.4. The van der Waals surface area contributed by atoms with Crippen LogP contribution in [0, 0.1) is 0 Å². The molecule has 2 aromatic rings. The number of rotatable bonds is 4. The SMILES string of the molecule is CC(C)(C)N(C(=O)O)[C@@H](Cc1ccccc1)C(=O)N1Cc2ccccc2CO1. The lowest BCUT2D eigenvalue weighted by Crippen LogP contribution is -2.58. The van der Waals surface area contributed by atoms with Crippen molar-refractivity contribution in [2.24, 2.45) is 0 Å². The molecule has 0 bridgehead atoms. The molecule has 6 heteroatoms. The molecule has 28 heavy (non-hydrogen) atoms.